The number of carbonyl (C=O) groups excluding carboxylic acids is 2. The molecule has 0 aromatic heterocycles. The number of hydrogen-bond acceptors (Lipinski definition) is 4. The maximum atomic E-state index is 11.7. The minimum Gasteiger partial charge on any atom is -0.461 e. The lowest BCUT2D eigenvalue weighted by Gasteiger charge is -2.01. The van der Waals surface area contributed by atoms with Gasteiger partial charge in [0.1, 0.15) is 6.61 Å². The molecule has 1 aliphatic rings. The molecule has 1 heterocycles. The summed E-state index contributed by atoms with van der Waals surface area (Å²) in [4.78, 5) is 22.3. The Balaban J connectivity index is 2.16. The van der Waals surface area contributed by atoms with Crippen molar-refractivity contribution in [3.05, 3.63) is 53.8 Å². The zero-order valence-corrected chi connectivity index (χ0v) is 10.5. The molecule has 1 aromatic rings. The summed E-state index contributed by atoms with van der Waals surface area (Å²) in [5.74, 6) is -0.913. The average Bonchev–Trinajstić information content (AvgIpc) is 2.72. The number of benzene rings is 1. The third-order valence-electron chi connectivity index (χ3n) is 2.70. The van der Waals surface area contributed by atoms with Crippen molar-refractivity contribution in [2.24, 2.45) is 5.92 Å². The minimum absolute atomic E-state index is 0.188. The second-order valence-corrected chi connectivity index (χ2v) is 4.15. The Hall–Kier alpha value is -2.36. The lowest BCUT2D eigenvalue weighted by Crippen LogP contribution is -2.01. The molecular weight excluding hydrogens is 244 g/mol. The second kappa shape index (κ2) is 6.00. The van der Waals surface area contributed by atoms with Crippen LogP contribution in [0.15, 0.2) is 48.2 Å². The van der Waals surface area contributed by atoms with E-state index in [0.717, 1.165) is 5.56 Å². The summed E-state index contributed by atoms with van der Waals surface area (Å²) in [5, 5.41) is 0. The van der Waals surface area contributed by atoms with Gasteiger partial charge in [0.25, 0.3) is 0 Å². The van der Waals surface area contributed by atoms with Gasteiger partial charge in [-0.2, -0.15) is 0 Å². The van der Waals surface area contributed by atoms with Crippen LogP contribution in [0, 0.1) is 5.92 Å². The highest BCUT2D eigenvalue weighted by Crippen LogP contribution is 2.25. The van der Waals surface area contributed by atoms with E-state index < -0.39 is 5.97 Å². The predicted molar refractivity (Wildman–Crippen MR) is 69.8 cm³/mol. The SMILES string of the molecule is CC(=O)O/C=C/[C@H]1COC(=O)/C1=C/c1ccccc1. The maximum absolute atomic E-state index is 11.7. The second-order valence-electron chi connectivity index (χ2n) is 4.15. The van der Waals surface area contributed by atoms with E-state index in [-0.39, 0.29) is 18.5 Å². The molecule has 98 valence electrons. The standard InChI is InChI=1S/C15H14O4/c1-11(16)18-8-7-13-10-19-15(17)14(13)9-12-5-3-2-4-6-12/h2-9,13H,10H2,1H3/b8-7+,14-9+/t13-/m0/s1. The molecule has 0 aliphatic carbocycles. The number of esters is 2. The molecule has 19 heavy (non-hydrogen) atoms. The van der Waals surface area contributed by atoms with Crippen LogP contribution in [-0.2, 0) is 19.1 Å². The van der Waals surface area contributed by atoms with E-state index in [1.165, 1.54) is 13.2 Å². The monoisotopic (exact) mass is 258 g/mol. The van der Waals surface area contributed by atoms with E-state index in [2.05, 4.69) is 0 Å². The van der Waals surface area contributed by atoms with Crippen LogP contribution in [0.4, 0.5) is 0 Å². The Morgan fingerprint density at radius 2 is 2.11 bits per heavy atom. The Morgan fingerprint density at radius 1 is 1.37 bits per heavy atom. The van der Waals surface area contributed by atoms with Crippen molar-refractivity contribution in [2.75, 3.05) is 6.61 Å². The highest BCUT2D eigenvalue weighted by molar-refractivity contribution is 5.96. The summed E-state index contributed by atoms with van der Waals surface area (Å²) in [6, 6.07) is 9.52. The van der Waals surface area contributed by atoms with Crippen LogP contribution in [0.3, 0.4) is 0 Å². The molecule has 4 nitrogen and oxygen atoms in total. The molecule has 1 aliphatic heterocycles. The Labute approximate surface area is 111 Å². The highest BCUT2D eigenvalue weighted by Gasteiger charge is 2.28. The topological polar surface area (TPSA) is 52.6 Å². The zero-order valence-electron chi connectivity index (χ0n) is 10.5. The van der Waals surface area contributed by atoms with Crippen molar-refractivity contribution in [2.45, 2.75) is 6.92 Å². The number of ether oxygens (including phenoxy) is 2. The fourth-order valence-electron chi connectivity index (χ4n) is 1.77. The van der Waals surface area contributed by atoms with Crippen LogP contribution in [0.2, 0.25) is 0 Å². The largest absolute Gasteiger partial charge is 0.461 e. The van der Waals surface area contributed by atoms with Gasteiger partial charge in [-0.25, -0.2) is 4.79 Å². The summed E-state index contributed by atoms with van der Waals surface area (Å²) in [6.45, 7) is 1.59. The predicted octanol–water partition coefficient (Wildman–Crippen LogP) is 2.32. The van der Waals surface area contributed by atoms with Crippen LogP contribution < -0.4 is 0 Å². The normalized spacial score (nSPS) is 20.8. The van der Waals surface area contributed by atoms with Crippen molar-refractivity contribution in [3.8, 4) is 0 Å². The van der Waals surface area contributed by atoms with Gasteiger partial charge < -0.3 is 9.47 Å². The van der Waals surface area contributed by atoms with Crippen molar-refractivity contribution < 1.29 is 19.1 Å². The summed E-state index contributed by atoms with van der Waals surface area (Å²) in [5.41, 5.74) is 1.50. The first-order valence-electron chi connectivity index (χ1n) is 5.94. The molecule has 0 saturated carbocycles. The third kappa shape index (κ3) is 3.55. The van der Waals surface area contributed by atoms with Crippen molar-refractivity contribution in [3.63, 3.8) is 0 Å². The molecule has 0 spiro atoms. The molecule has 2 rings (SSSR count). The van der Waals surface area contributed by atoms with Crippen LogP contribution >= 0.6 is 0 Å². The molecule has 4 heteroatoms. The number of cyclic esters (lactones) is 1. The molecule has 0 amide bonds. The van der Waals surface area contributed by atoms with Gasteiger partial charge in [-0.1, -0.05) is 30.3 Å². The van der Waals surface area contributed by atoms with E-state index in [1.807, 2.05) is 30.3 Å². The van der Waals surface area contributed by atoms with Gasteiger partial charge in [0, 0.05) is 18.4 Å². The Morgan fingerprint density at radius 3 is 2.79 bits per heavy atom. The van der Waals surface area contributed by atoms with Crippen molar-refractivity contribution in [1.29, 1.82) is 0 Å². The number of carbonyl (C=O) groups is 2. The summed E-state index contributed by atoms with van der Waals surface area (Å²) < 4.78 is 9.73. The molecule has 1 saturated heterocycles. The van der Waals surface area contributed by atoms with E-state index in [9.17, 15) is 9.59 Å². The summed E-state index contributed by atoms with van der Waals surface area (Å²) in [7, 11) is 0. The molecule has 0 bridgehead atoms. The summed E-state index contributed by atoms with van der Waals surface area (Å²) in [6.07, 6.45) is 4.74. The fourth-order valence-corrected chi connectivity index (χ4v) is 1.77. The first kappa shape index (κ1) is 13.1. The van der Waals surface area contributed by atoms with Crippen molar-refractivity contribution in [1.82, 2.24) is 0 Å². The van der Waals surface area contributed by atoms with E-state index in [1.54, 1.807) is 12.2 Å². The molecule has 0 unspecified atom stereocenters. The molecule has 1 fully saturated rings. The fraction of sp³-hybridized carbons (Fsp3) is 0.200. The number of hydrogen-bond donors (Lipinski definition) is 0. The van der Waals surface area contributed by atoms with Gasteiger partial charge in [0.15, 0.2) is 0 Å². The average molecular weight is 258 g/mol. The number of rotatable bonds is 3. The van der Waals surface area contributed by atoms with Gasteiger partial charge >= 0.3 is 11.9 Å². The minimum atomic E-state index is -0.393. The Bertz CT molecular complexity index is 528. The zero-order chi connectivity index (χ0) is 13.7. The van der Waals surface area contributed by atoms with Gasteiger partial charge in [-0.15, -0.1) is 0 Å². The molecule has 0 N–H and O–H groups in total. The quantitative estimate of drug-likeness (QED) is 0.474. The molecule has 1 atom stereocenters. The maximum Gasteiger partial charge on any atom is 0.334 e. The van der Waals surface area contributed by atoms with Gasteiger partial charge in [-0.3, -0.25) is 4.79 Å². The Kier molecular flexibility index (Phi) is 4.13. The summed E-state index contributed by atoms with van der Waals surface area (Å²) >= 11 is 0. The van der Waals surface area contributed by atoms with Crippen LogP contribution in [0.5, 0.6) is 0 Å². The van der Waals surface area contributed by atoms with Crippen LogP contribution in [0.25, 0.3) is 6.08 Å². The van der Waals surface area contributed by atoms with Crippen LogP contribution in [0.1, 0.15) is 12.5 Å². The molecular formula is C15H14O4. The van der Waals surface area contributed by atoms with E-state index in [0.29, 0.717) is 5.57 Å². The molecule has 0 radical (unpaired) electrons. The van der Waals surface area contributed by atoms with Crippen LogP contribution in [-0.4, -0.2) is 18.5 Å². The third-order valence-corrected chi connectivity index (χ3v) is 2.70. The lowest BCUT2D eigenvalue weighted by molar-refractivity contribution is -0.136. The van der Waals surface area contributed by atoms with E-state index >= 15 is 0 Å². The van der Waals surface area contributed by atoms with Gasteiger partial charge in [-0.05, 0) is 17.7 Å². The van der Waals surface area contributed by atoms with Gasteiger partial charge in [0.2, 0.25) is 0 Å². The van der Waals surface area contributed by atoms with E-state index in [4.69, 9.17) is 9.47 Å². The molecule has 1 aromatic carbocycles. The van der Waals surface area contributed by atoms with Crippen molar-refractivity contribution >= 4 is 18.0 Å². The van der Waals surface area contributed by atoms with Gasteiger partial charge in [0.05, 0.1) is 6.26 Å². The highest BCUT2D eigenvalue weighted by atomic mass is 16.5. The first-order valence-corrected chi connectivity index (χ1v) is 5.94. The first-order chi connectivity index (χ1) is 9.16. The smallest absolute Gasteiger partial charge is 0.334 e. The lowest BCUT2D eigenvalue weighted by atomic mass is 10.00.